The molecule has 1 aliphatic heterocycles. The number of aryl methyl sites for hydroxylation is 1. The van der Waals surface area contributed by atoms with Crippen LogP contribution in [0.4, 0.5) is 0 Å². The number of esters is 1. The van der Waals surface area contributed by atoms with Crippen LogP contribution in [0.3, 0.4) is 0 Å². The zero-order chi connectivity index (χ0) is 14.5. The van der Waals surface area contributed by atoms with Gasteiger partial charge in [0.05, 0.1) is 20.3 Å². The summed E-state index contributed by atoms with van der Waals surface area (Å²) in [4.78, 5) is 13.8. The molecule has 0 radical (unpaired) electrons. The highest BCUT2D eigenvalue weighted by Gasteiger charge is 2.23. The van der Waals surface area contributed by atoms with E-state index in [-0.39, 0.29) is 18.6 Å². The molecule has 1 fully saturated rings. The molecule has 1 saturated heterocycles. The van der Waals surface area contributed by atoms with Gasteiger partial charge in [-0.1, -0.05) is 12.8 Å². The van der Waals surface area contributed by atoms with E-state index in [1.54, 1.807) is 13.0 Å². The fourth-order valence-electron chi connectivity index (χ4n) is 2.79. The van der Waals surface area contributed by atoms with Crippen molar-refractivity contribution in [2.24, 2.45) is 0 Å². The molecule has 0 spiro atoms. The predicted molar refractivity (Wildman–Crippen MR) is 74.5 cm³/mol. The topological polar surface area (TPSA) is 62.9 Å². The molecule has 2 rings (SSSR count). The second-order valence-corrected chi connectivity index (χ2v) is 5.33. The van der Waals surface area contributed by atoms with Crippen molar-refractivity contribution < 1.29 is 19.1 Å². The van der Waals surface area contributed by atoms with Crippen molar-refractivity contribution >= 4 is 5.97 Å². The van der Waals surface area contributed by atoms with Crippen molar-refractivity contribution in [2.75, 3.05) is 20.3 Å². The number of aliphatic hydroxyl groups excluding tert-OH is 1. The van der Waals surface area contributed by atoms with Crippen LogP contribution in [-0.2, 0) is 11.3 Å². The molecule has 5 heteroatoms. The highest BCUT2D eigenvalue weighted by atomic mass is 16.5. The first-order valence-corrected chi connectivity index (χ1v) is 7.18. The largest absolute Gasteiger partial charge is 0.465 e. The maximum Gasteiger partial charge on any atom is 0.341 e. The van der Waals surface area contributed by atoms with Gasteiger partial charge in [0.1, 0.15) is 17.1 Å². The maximum absolute atomic E-state index is 11.6. The standard InChI is InChI=1S/C15H23NO4/c1-11-14(15(18)19-2)8-13(20-11)9-16-7-5-3-4-6-12(16)10-17/h8,12,17H,3-7,9-10H2,1-2H3. The van der Waals surface area contributed by atoms with E-state index in [1.165, 1.54) is 13.5 Å². The lowest BCUT2D eigenvalue weighted by molar-refractivity contribution is 0.0599. The lowest BCUT2D eigenvalue weighted by atomic mass is 10.1. The Morgan fingerprint density at radius 3 is 3.00 bits per heavy atom. The fraction of sp³-hybridized carbons (Fsp3) is 0.667. The summed E-state index contributed by atoms with van der Waals surface area (Å²) < 4.78 is 10.4. The van der Waals surface area contributed by atoms with Crippen molar-refractivity contribution in [3.8, 4) is 0 Å². The van der Waals surface area contributed by atoms with E-state index >= 15 is 0 Å². The SMILES string of the molecule is COC(=O)c1cc(CN2CCCCCC2CO)oc1C. The van der Waals surface area contributed by atoms with Crippen molar-refractivity contribution in [1.29, 1.82) is 0 Å². The minimum atomic E-state index is -0.368. The molecule has 1 aromatic rings. The van der Waals surface area contributed by atoms with Crippen LogP contribution in [0.15, 0.2) is 10.5 Å². The molecule has 0 amide bonds. The summed E-state index contributed by atoms with van der Waals surface area (Å²) in [5.74, 6) is 0.970. The summed E-state index contributed by atoms with van der Waals surface area (Å²) in [6, 6.07) is 1.94. The summed E-state index contributed by atoms with van der Waals surface area (Å²) in [5, 5.41) is 9.50. The smallest absolute Gasteiger partial charge is 0.341 e. The van der Waals surface area contributed by atoms with Gasteiger partial charge in [-0.2, -0.15) is 0 Å². The van der Waals surface area contributed by atoms with E-state index in [2.05, 4.69) is 4.90 Å². The number of hydrogen-bond acceptors (Lipinski definition) is 5. The van der Waals surface area contributed by atoms with Gasteiger partial charge >= 0.3 is 5.97 Å². The molecular formula is C15H23NO4. The number of methoxy groups -OCH3 is 1. The van der Waals surface area contributed by atoms with Gasteiger partial charge in [-0.05, 0) is 32.4 Å². The second kappa shape index (κ2) is 6.90. The molecule has 5 nitrogen and oxygen atoms in total. The molecule has 0 bridgehead atoms. The number of aliphatic hydroxyl groups is 1. The first-order chi connectivity index (χ1) is 9.65. The molecule has 1 aliphatic rings. The minimum Gasteiger partial charge on any atom is -0.465 e. The molecule has 112 valence electrons. The van der Waals surface area contributed by atoms with Gasteiger partial charge in [-0.15, -0.1) is 0 Å². The average molecular weight is 281 g/mol. The minimum absolute atomic E-state index is 0.170. The number of rotatable bonds is 4. The second-order valence-electron chi connectivity index (χ2n) is 5.33. The van der Waals surface area contributed by atoms with E-state index in [9.17, 15) is 9.90 Å². The van der Waals surface area contributed by atoms with Gasteiger partial charge in [0, 0.05) is 6.04 Å². The lowest BCUT2D eigenvalue weighted by Gasteiger charge is -2.27. The molecule has 1 aromatic heterocycles. The number of hydrogen-bond donors (Lipinski definition) is 1. The van der Waals surface area contributed by atoms with Crippen molar-refractivity contribution in [3.05, 3.63) is 23.2 Å². The lowest BCUT2D eigenvalue weighted by Crippen LogP contribution is -2.36. The van der Waals surface area contributed by atoms with Crippen LogP contribution < -0.4 is 0 Å². The summed E-state index contributed by atoms with van der Waals surface area (Å²) in [6.07, 6.45) is 4.52. The van der Waals surface area contributed by atoms with Gasteiger partial charge in [0.2, 0.25) is 0 Å². The number of ether oxygens (including phenoxy) is 1. The molecule has 20 heavy (non-hydrogen) atoms. The Bertz CT molecular complexity index is 455. The van der Waals surface area contributed by atoms with E-state index in [4.69, 9.17) is 9.15 Å². The molecule has 1 atom stereocenters. The number of carbonyl (C=O) groups excluding carboxylic acids is 1. The van der Waals surface area contributed by atoms with E-state index in [1.807, 2.05) is 0 Å². The van der Waals surface area contributed by atoms with Crippen molar-refractivity contribution in [3.63, 3.8) is 0 Å². The van der Waals surface area contributed by atoms with E-state index in [0.29, 0.717) is 17.9 Å². The molecule has 0 aliphatic carbocycles. The van der Waals surface area contributed by atoms with Crippen LogP contribution >= 0.6 is 0 Å². The summed E-state index contributed by atoms with van der Waals surface area (Å²) >= 11 is 0. The number of likely N-dealkylation sites (tertiary alicyclic amines) is 1. The van der Waals surface area contributed by atoms with Crippen LogP contribution in [0.25, 0.3) is 0 Å². The number of furan rings is 1. The molecule has 1 unspecified atom stereocenters. The Morgan fingerprint density at radius 2 is 2.30 bits per heavy atom. The maximum atomic E-state index is 11.6. The van der Waals surface area contributed by atoms with Crippen LogP contribution in [0.1, 0.15) is 47.6 Å². The zero-order valence-electron chi connectivity index (χ0n) is 12.2. The Morgan fingerprint density at radius 1 is 1.50 bits per heavy atom. The Labute approximate surface area is 119 Å². The van der Waals surface area contributed by atoms with Gasteiger partial charge < -0.3 is 14.3 Å². The average Bonchev–Trinajstić information content (AvgIpc) is 2.67. The fourth-order valence-corrected chi connectivity index (χ4v) is 2.79. The summed E-state index contributed by atoms with van der Waals surface area (Å²) in [6.45, 7) is 3.52. The third-order valence-electron chi connectivity index (χ3n) is 3.94. The predicted octanol–water partition coefficient (Wildman–Crippen LogP) is 2.11. The van der Waals surface area contributed by atoms with Crippen LogP contribution in [0.5, 0.6) is 0 Å². The molecular weight excluding hydrogens is 258 g/mol. The Hall–Kier alpha value is -1.33. The van der Waals surface area contributed by atoms with Gasteiger partial charge in [0.15, 0.2) is 0 Å². The van der Waals surface area contributed by atoms with Gasteiger partial charge in [-0.3, -0.25) is 4.90 Å². The molecule has 1 N–H and O–H groups in total. The van der Waals surface area contributed by atoms with Gasteiger partial charge in [0.25, 0.3) is 0 Å². The van der Waals surface area contributed by atoms with Crippen LogP contribution in [0.2, 0.25) is 0 Å². The zero-order valence-corrected chi connectivity index (χ0v) is 12.2. The van der Waals surface area contributed by atoms with Crippen LogP contribution in [0, 0.1) is 6.92 Å². The van der Waals surface area contributed by atoms with Crippen molar-refractivity contribution in [2.45, 2.75) is 45.2 Å². The Kier molecular flexibility index (Phi) is 5.20. The van der Waals surface area contributed by atoms with E-state index < -0.39 is 0 Å². The van der Waals surface area contributed by atoms with Crippen molar-refractivity contribution in [1.82, 2.24) is 4.90 Å². The van der Waals surface area contributed by atoms with Gasteiger partial charge in [-0.25, -0.2) is 4.79 Å². The number of nitrogens with zero attached hydrogens (tertiary/aromatic N) is 1. The third-order valence-corrected chi connectivity index (χ3v) is 3.94. The van der Waals surface area contributed by atoms with Crippen LogP contribution in [-0.4, -0.2) is 42.3 Å². The highest BCUT2D eigenvalue weighted by molar-refractivity contribution is 5.90. The highest BCUT2D eigenvalue weighted by Crippen LogP contribution is 2.22. The Balaban J connectivity index is 2.10. The van der Waals surface area contributed by atoms with E-state index in [0.717, 1.165) is 31.6 Å². The quantitative estimate of drug-likeness (QED) is 0.856. The summed E-state index contributed by atoms with van der Waals surface area (Å²) in [5.41, 5.74) is 0.484. The molecule has 0 aromatic carbocycles. The third kappa shape index (κ3) is 3.41. The molecule has 0 saturated carbocycles. The first kappa shape index (κ1) is 15.1. The first-order valence-electron chi connectivity index (χ1n) is 7.18. The monoisotopic (exact) mass is 281 g/mol. The number of carbonyl (C=O) groups is 1. The molecule has 2 heterocycles. The normalized spacial score (nSPS) is 20.6. The summed E-state index contributed by atoms with van der Waals surface area (Å²) in [7, 11) is 1.37.